The second kappa shape index (κ2) is 6.42. The van der Waals surface area contributed by atoms with Gasteiger partial charge in [-0.25, -0.2) is 0 Å². The summed E-state index contributed by atoms with van der Waals surface area (Å²) in [5.74, 6) is 0.0266. The molecule has 2 aromatic rings. The number of fused-ring (bicyclic) bond motifs is 1. The molecule has 3 rings (SSSR count). The van der Waals surface area contributed by atoms with Gasteiger partial charge in [0.05, 0.1) is 5.92 Å². The third-order valence-corrected chi connectivity index (χ3v) is 4.63. The maximum Gasteiger partial charge on any atom is 0.227 e. The zero-order chi connectivity index (χ0) is 16.4. The Kier molecular flexibility index (Phi) is 4.35. The molecule has 4 heteroatoms. The predicted molar refractivity (Wildman–Crippen MR) is 89.8 cm³/mol. The largest absolute Gasteiger partial charge is 0.508 e. The van der Waals surface area contributed by atoms with Crippen molar-refractivity contribution in [3.05, 3.63) is 65.2 Å². The number of aromatic hydroxyl groups is 1. The van der Waals surface area contributed by atoms with E-state index in [0.29, 0.717) is 13.1 Å². The molecule has 1 amide bonds. The van der Waals surface area contributed by atoms with Gasteiger partial charge in [0.1, 0.15) is 5.75 Å². The average Bonchev–Trinajstić information content (AvgIpc) is 2.59. The molecule has 1 aliphatic rings. The van der Waals surface area contributed by atoms with Crippen LogP contribution in [-0.4, -0.2) is 22.5 Å². The number of phenolic OH excluding ortho intramolecular Hbond substituents is 1. The molecule has 0 aliphatic carbocycles. The van der Waals surface area contributed by atoms with Gasteiger partial charge in [0, 0.05) is 19.1 Å². The molecule has 0 fully saturated rings. The van der Waals surface area contributed by atoms with E-state index in [0.717, 1.165) is 17.5 Å². The summed E-state index contributed by atoms with van der Waals surface area (Å²) in [6.45, 7) is 3.12. The Morgan fingerprint density at radius 2 is 1.91 bits per heavy atom. The molecule has 0 spiro atoms. The van der Waals surface area contributed by atoms with E-state index >= 15 is 0 Å². The van der Waals surface area contributed by atoms with Gasteiger partial charge in [-0.2, -0.15) is 0 Å². The summed E-state index contributed by atoms with van der Waals surface area (Å²) in [6, 6.07) is 14.8. The lowest BCUT2D eigenvalue weighted by atomic mass is 9.92. The van der Waals surface area contributed by atoms with E-state index in [9.17, 15) is 9.90 Å². The van der Waals surface area contributed by atoms with Crippen molar-refractivity contribution in [1.82, 2.24) is 4.90 Å². The summed E-state index contributed by atoms with van der Waals surface area (Å²) >= 11 is 0. The fraction of sp³-hybridized carbons (Fsp3) is 0.316. The van der Waals surface area contributed by atoms with Gasteiger partial charge in [-0.3, -0.25) is 4.79 Å². The monoisotopic (exact) mass is 310 g/mol. The Labute approximate surface area is 136 Å². The van der Waals surface area contributed by atoms with E-state index in [2.05, 4.69) is 0 Å². The van der Waals surface area contributed by atoms with Crippen LogP contribution in [0.5, 0.6) is 5.75 Å². The Hall–Kier alpha value is -2.33. The molecular formula is C19H22N2O2. The topological polar surface area (TPSA) is 66.6 Å². The lowest BCUT2D eigenvalue weighted by molar-refractivity contribution is -0.136. The first-order valence-corrected chi connectivity index (χ1v) is 7.96. The van der Waals surface area contributed by atoms with E-state index in [1.807, 2.05) is 48.2 Å². The smallest absolute Gasteiger partial charge is 0.227 e. The fourth-order valence-electron chi connectivity index (χ4n) is 3.14. The van der Waals surface area contributed by atoms with E-state index < -0.39 is 0 Å². The van der Waals surface area contributed by atoms with Gasteiger partial charge in [0.15, 0.2) is 0 Å². The standard InChI is InChI=1S/C19H22N2O2/c1-13(18(20)15-5-3-2-4-6-15)19(23)21-10-9-14-7-8-17(22)11-16(14)12-21/h2-8,11,13,18,22H,9-10,12,20H2,1H3. The van der Waals surface area contributed by atoms with Gasteiger partial charge >= 0.3 is 0 Å². The first-order chi connectivity index (χ1) is 11.1. The van der Waals surface area contributed by atoms with Gasteiger partial charge in [0.2, 0.25) is 5.91 Å². The zero-order valence-corrected chi connectivity index (χ0v) is 13.3. The molecule has 3 N–H and O–H groups in total. The van der Waals surface area contributed by atoms with Crippen LogP contribution in [0, 0.1) is 5.92 Å². The van der Waals surface area contributed by atoms with Crippen molar-refractivity contribution < 1.29 is 9.90 Å². The quantitative estimate of drug-likeness (QED) is 0.916. The van der Waals surface area contributed by atoms with Crippen molar-refractivity contribution in [1.29, 1.82) is 0 Å². The molecule has 0 saturated carbocycles. The molecule has 0 aromatic heterocycles. The number of carbonyl (C=O) groups excluding carboxylic acids is 1. The van der Waals surface area contributed by atoms with Crippen LogP contribution < -0.4 is 5.73 Å². The molecule has 120 valence electrons. The maximum atomic E-state index is 12.8. The number of carbonyl (C=O) groups is 1. The lowest BCUT2D eigenvalue weighted by Crippen LogP contribution is -2.42. The Balaban J connectivity index is 1.73. The van der Waals surface area contributed by atoms with E-state index in [1.165, 1.54) is 5.56 Å². The number of benzene rings is 2. The highest BCUT2D eigenvalue weighted by Crippen LogP contribution is 2.26. The van der Waals surface area contributed by atoms with Crippen molar-refractivity contribution in [3.8, 4) is 5.75 Å². The second-order valence-electron chi connectivity index (χ2n) is 6.19. The molecule has 0 radical (unpaired) electrons. The minimum Gasteiger partial charge on any atom is -0.508 e. The van der Waals surface area contributed by atoms with Crippen molar-refractivity contribution in [2.24, 2.45) is 11.7 Å². The van der Waals surface area contributed by atoms with Gasteiger partial charge in [-0.15, -0.1) is 0 Å². The highest BCUT2D eigenvalue weighted by Gasteiger charge is 2.29. The molecule has 1 heterocycles. The maximum absolute atomic E-state index is 12.8. The van der Waals surface area contributed by atoms with Crippen LogP contribution in [0.25, 0.3) is 0 Å². The molecule has 23 heavy (non-hydrogen) atoms. The van der Waals surface area contributed by atoms with Crippen LogP contribution in [0.1, 0.15) is 29.7 Å². The molecule has 2 unspecified atom stereocenters. The summed E-state index contributed by atoms with van der Waals surface area (Å²) in [5.41, 5.74) is 9.47. The lowest BCUT2D eigenvalue weighted by Gasteiger charge is -2.32. The van der Waals surface area contributed by atoms with Crippen molar-refractivity contribution in [3.63, 3.8) is 0 Å². The summed E-state index contributed by atoms with van der Waals surface area (Å²) < 4.78 is 0. The van der Waals surface area contributed by atoms with Gasteiger partial charge in [-0.1, -0.05) is 43.3 Å². The minimum atomic E-state index is -0.311. The number of nitrogens with zero attached hydrogens (tertiary/aromatic N) is 1. The number of hydrogen-bond acceptors (Lipinski definition) is 3. The number of nitrogens with two attached hydrogens (primary N) is 1. The SMILES string of the molecule is CC(C(=O)N1CCc2ccc(O)cc2C1)C(N)c1ccccc1. The van der Waals surface area contributed by atoms with Gasteiger partial charge < -0.3 is 15.7 Å². The first-order valence-electron chi connectivity index (χ1n) is 7.96. The van der Waals surface area contributed by atoms with E-state index in [1.54, 1.807) is 12.1 Å². The number of rotatable bonds is 3. The van der Waals surface area contributed by atoms with Gasteiger partial charge in [-0.05, 0) is 35.2 Å². The highest BCUT2D eigenvalue weighted by atomic mass is 16.3. The first kappa shape index (κ1) is 15.6. The van der Waals surface area contributed by atoms with Crippen LogP contribution in [0.15, 0.2) is 48.5 Å². The molecule has 0 bridgehead atoms. The number of amides is 1. The summed E-state index contributed by atoms with van der Waals surface area (Å²) in [5, 5.41) is 9.64. The van der Waals surface area contributed by atoms with Crippen molar-refractivity contribution >= 4 is 5.91 Å². The number of hydrogen-bond donors (Lipinski definition) is 2. The fourth-order valence-corrected chi connectivity index (χ4v) is 3.14. The van der Waals surface area contributed by atoms with Crippen LogP contribution in [0.2, 0.25) is 0 Å². The summed E-state index contributed by atoms with van der Waals surface area (Å²) in [4.78, 5) is 14.6. The van der Waals surface area contributed by atoms with E-state index in [-0.39, 0.29) is 23.6 Å². The molecule has 4 nitrogen and oxygen atoms in total. The molecular weight excluding hydrogens is 288 g/mol. The van der Waals surface area contributed by atoms with Gasteiger partial charge in [0.25, 0.3) is 0 Å². The molecule has 1 aliphatic heterocycles. The van der Waals surface area contributed by atoms with Crippen molar-refractivity contribution in [2.75, 3.05) is 6.54 Å². The Morgan fingerprint density at radius 1 is 1.17 bits per heavy atom. The Bertz CT molecular complexity index is 700. The number of phenols is 1. The van der Waals surface area contributed by atoms with E-state index in [4.69, 9.17) is 5.73 Å². The predicted octanol–water partition coefficient (Wildman–Crippen LogP) is 2.61. The third kappa shape index (κ3) is 3.22. The Morgan fingerprint density at radius 3 is 2.65 bits per heavy atom. The minimum absolute atomic E-state index is 0.0651. The zero-order valence-electron chi connectivity index (χ0n) is 13.3. The average molecular weight is 310 g/mol. The molecule has 0 saturated heterocycles. The van der Waals surface area contributed by atoms with Crippen LogP contribution in [-0.2, 0) is 17.8 Å². The normalized spacial score (nSPS) is 16.5. The summed E-state index contributed by atoms with van der Waals surface area (Å²) in [6.07, 6.45) is 0.814. The summed E-state index contributed by atoms with van der Waals surface area (Å²) in [7, 11) is 0. The second-order valence-corrected chi connectivity index (χ2v) is 6.19. The molecule has 2 aromatic carbocycles. The third-order valence-electron chi connectivity index (χ3n) is 4.63. The highest BCUT2D eigenvalue weighted by molar-refractivity contribution is 5.79. The van der Waals surface area contributed by atoms with Crippen LogP contribution in [0.3, 0.4) is 0 Å². The van der Waals surface area contributed by atoms with Crippen LogP contribution in [0.4, 0.5) is 0 Å². The van der Waals surface area contributed by atoms with Crippen molar-refractivity contribution in [2.45, 2.75) is 25.9 Å². The van der Waals surface area contributed by atoms with Crippen LogP contribution >= 0.6 is 0 Å². The molecule has 2 atom stereocenters.